The number of hydrogen-bond acceptors (Lipinski definition) is 5. The Labute approximate surface area is 138 Å². The number of carboxylic acid groups (broad SMARTS) is 1. The van der Waals surface area contributed by atoms with E-state index in [1.165, 1.54) is 19.1 Å². The molecule has 10 heteroatoms. The van der Waals surface area contributed by atoms with Crippen LogP contribution in [0.25, 0.3) is 0 Å². The molecule has 0 radical (unpaired) electrons. The SMILES string of the molecule is CC(SSC1(C(Cl)(Cl)Cl)C=C([N+](=O)[O-])C=CC1)C(=O)O. The third-order valence-electron chi connectivity index (χ3n) is 2.47. The number of alkyl halides is 3. The van der Waals surface area contributed by atoms with Crippen LogP contribution in [0.2, 0.25) is 0 Å². The van der Waals surface area contributed by atoms with Gasteiger partial charge in [0.25, 0.3) is 5.70 Å². The van der Waals surface area contributed by atoms with Crippen LogP contribution < -0.4 is 0 Å². The standard InChI is InChI=1S/C10H10Cl3NO4S2/c1-6(8(15)16)19-20-9(10(11,12)13)4-2-3-7(5-9)14(17)18/h2-3,5-6H,4H2,1H3,(H,15,16). The van der Waals surface area contributed by atoms with Crippen molar-refractivity contribution in [1.29, 1.82) is 0 Å². The summed E-state index contributed by atoms with van der Waals surface area (Å²) >= 11 is 17.8. The number of carboxylic acids is 1. The molecule has 0 aromatic rings. The monoisotopic (exact) mass is 377 g/mol. The smallest absolute Gasteiger partial charge is 0.317 e. The van der Waals surface area contributed by atoms with Gasteiger partial charge in [0.05, 0.1) is 4.92 Å². The quantitative estimate of drug-likeness (QED) is 0.336. The molecule has 0 aromatic heterocycles. The van der Waals surface area contributed by atoms with Gasteiger partial charge in [-0.15, -0.1) is 0 Å². The fourth-order valence-electron chi connectivity index (χ4n) is 1.32. The van der Waals surface area contributed by atoms with Crippen molar-refractivity contribution in [2.24, 2.45) is 0 Å². The van der Waals surface area contributed by atoms with E-state index in [1.807, 2.05) is 0 Å². The number of halogens is 3. The molecule has 0 amide bonds. The zero-order valence-electron chi connectivity index (χ0n) is 10.1. The molecule has 2 unspecified atom stereocenters. The maximum Gasteiger partial charge on any atom is 0.317 e. The van der Waals surface area contributed by atoms with Gasteiger partial charge >= 0.3 is 5.97 Å². The first-order chi connectivity index (χ1) is 9.09. The fraction of sp³-hybridized carbons (Fsp3) is 0.500. The van der Waals surface area contributed by atoms with E-state index in [4.69, 9.17) is 39.9 Å². The fourth-order valence-corrected chi connectivity index (χ4v) is 5.21. The van der Waals surface area contributed by atoms with Crippen LogP contribution in [0, 0.1) is 10.1 Å². The molecule has 0 saturated carbocycles. The van der Waals surface area contributed by atoms with Crippen LogP contribution >= 0.6 is 56.4 Å². The molecular formula is C10H10Cl3NO4S2. The summed E-state index contributed by atoms with van der Waals surface area (Å²) in [5.41, 5.74) is -0.182. The first-order valence-electron chi connectivity index (χ1n) is 5.27. The van der Waals surface area contributed by atoms with Gasteiger partial charge in [-0.3, -0.25) is 14.9 Å². The van der Waals surface area contributed by atoms with Crippen molar-refractivity contribution in [3.63, 3.8) is 0 Å². The Morgan fingerprint density at radius 3 is 2.65 bits per heavy atom. The summed E-state index contributed by atoms with van der Waals surface area (Å²) in [6.07, 6.45) is 4.40. The van der Waals surface area contributed by atoms with Crippen molar-refractivity contribution < 1.29 is 14.8 Å². The Morgan fingerprint density at radius 1 is 1.60 bits per heavy atom. The van der Waals surface area contributed by atoms with E-state index in [-0.39, 0.29) is 12.1 Å². The zero-order chi connectivity index (χ0) is 15.6. The Kier molecular flexibility index (Phi) is 6.10. The minimum absolute atomic E-state index is 0.182. The molecule has 0 spiro atoms. The molecule has 0 aliphatic heterocycles. The Hall–Kier alpha value is -0.0800. The van der Waals surface area contributed by atoms with Crippen molar-refractivity contribution in [1.82, 2.24) is 0 Å². The number of nitro groups is 1. The molecule has 1 N–H and O–H groups in total. The van der Waals surface area contributed by atoms with E-state index in [1.54, 1.807) is 6.08 Å². The van der Waals surface area contributed by atoms with Gasteiger partial charge in [0, 0.05) is 12.2 Å². The molecule has 0 bridgehead atoms. The zero-order valence-corrected chi connectivity index (χ0v) is 14.0. The second-order valence-corrected chi connectivity index (χ2v) is 9.13. The summed E-state index contributed by atoms with van der Waals surface area (Å²) in [4.78, 5) is 21.1. The highest BCUT2D eigenvalue weighted by Gasteiger charge is 2.50. The lowest BCUT2D eigenvalue weighted by molar-refractivity contribution is -0.419. The number of aliphatic carboxylic acids is 1. The van der Waals surface area contributed by atoms with Crippen molar-refractivity contribution in [2.45, 2.75) is 27.1 Å². The van der Waals surface area contributed by atoms with E-state index >= 15 is 0 Å². The molecule has 0 saturated heterocycles. The molecule has 1 rings (SSSR count). The molecular weight excluding hydrogens is 369 g/mol. The van der Waals surface area contributed by atoms with Crippen LogP contribution in [0.15, 0.2) is 23.9 Å². The van der Waals surface area contributed by atoms with Gasteiger partial charge in [0.2, 0.25) is 3.79 Å². The Balaban J connectivity index is 3.04. The molecule has 112 valence electrons. The van der Waals surface area contributed by atoms with Crippen LogP contribution in [-0.2, 0) is 4.79 Å². The normalized spacial score (nSPS) is 24.1. The van der Waals surface area contributed by atoms with Crippen molar-refractivity contribution in [2.75, 3.05) is 0 Å². The number of rotatable bonds is 5. The minimum atomic E-state index is -1.81. The molecule has 1 aliphatic rings. The number of nitrogens with zero attached hydrogens (tertiary/aromatic N) is 1. The average molecular weight is 379 g/mol. The molecule has 0 fully saturated rings. The van der Waals surface area contributed by atoms with Crippen LogP contribution in [0.5, 0.6) is 0 Å². The van der Waals surface area contributed by atoms with E-state index in [9.17, 15) is 14.9 Å². The largest absolute Gasteiger partial charge is 0.480 e. The topological polar surface area (TPSA) is 80.4 Å². The summed E-state index contributed by atoms with van der Waals surface area (Å²) in [6.45, 7) is 1.49. The summed E-state index contributed by atoms with van der Waals surface area (Å²) in [7, 11) is 2.01. The molecule has 1 aliphatic carbocycles. The Morgan fingerprint density at radius 2 is 2.20 bits per heavy atom. The predicted octanol–water partition coefficient (Wildman–Crippen LogP) is 4.07. The van der Waals surface area contributed by atoms with Gasteiger partial charge in [0.1, 0.15) is 10.00 Å². The van der Waals surface area contributed by atoms with Crippen LogP contribution in [-0.4, -0.2) is 29.8 Å². The number of allylic oxidation sites excluding steroid dienone is 2. The van der Waals surface area contributed by atoms with E-state index in [2.05, 4.69) is 0 Å². The first-order valence-corrected chi connectivity index (χ1v) is 8.61. The maximum atomic E-state index is 10.9. The third-order valence-corrected chi connectivity index (χ3v) is 7.34. The number of carbonyl (C=O) groups is 1. The summed E-state index contributed by atoms with van der Waals surface area (Å²) in [5.74, 6) is -1.01. The Bertz CT molecular complexity index is 478. The molecule has 2 atom stereocenters. The molecule has 5 nitrogen and oxygen atoms in total. The number of hydrogen-bond donors (Lipinski definition) is 1. The van der Waals surface area contributed by atoms with Crippen LogP contribution in [0.3, 0.4) is 0 Å². The third kappa shape index (κ3) is 4.21. The highest BCUT2D eigenvalue weighted by atomic mass is 35.6. The van der Waals surface area contributed by atoms with Crippen LogP contribution in [0.4, 0.5) is 0 Å². The van der Waals surface area contributed by atoms with Crippen LogP contribution in [0.1, 0.15) is 13.3 Å². The van der Waals surface area contributed by atoms with Gasteiger partial charge in [-0.1, -0.05) is 62.5 Å². The lowest BCUT2D eigenvalue weighted by Gasteiger charge is -2.36. The first kappa shape index (κ1) is 18.0. The highest BCUT2D eigenvalue weighted by molar-refractivity contribution is 8.77. The summed E-state index contributed by atoms with van der Waals surface area (Å²) < 4.78 is -3.00. The lowest BCUT2D eigenvalue weighted by Crippen LogP contribution is -2.38. The van der Waals surface area contributed by atoms with Crippen molar-refractivity contribution in [3.05, 3.63) is 34.0 Å². The maximum absolute atomic E-state index is 10.9. The predicted molar refractivity (Wildman–Crippen MR) is 84.1 cm³/mol. The second-order valence-electron chi connectivity index (χ2n) is 3.98. The highest BCUT2D eigenvalue weighted by Crippen LogP contribution is 2.56. The lowest BCUT2D eigenvalue weighted by atomic mass is 10.00. The second kappa shape index (κ2) is 6.79. The van der Waals surface area contributed by atoms with E-state index < -0.39 is 24.7 Å². The van der Waals surface area contributed by atoms with Gasteiger partial charge < -0.3 is 5.11 Å². The van der Waals surface area contributed by atoms with Gasteiger partial charge in [-0.05, 0) is 13.3 Å². The van der Waals surface area contributed by atoms with Crippen molar-refractivity contribution in [3.8, 4) is 0 Å². The summed E-state index contributed by atoms with van der Waals surface area (Å²) in [5, 5.41) is 19.0. The molecule has 0 aromatic carbocycles. The molecule has 0 heterocycles. The van der Waals surface area contributed by atoms with Gasteiger partial charge in [0.15, 0.2) is 0 Å². The molecule has 20 heavy (non-hydrogen) atoms. The van der Waals surface area contributed by atoms with E-state index in [0.29, 0.717) is 0 Å². The van der Waals surface area contributed by atoms with Gasteiger partial charge in [-0.2, -0.15) is 0 Å². The minimum Gasteiger partial charge on any atom is -0.480 e. The van der Waals surface area contributed by atoms with Gasteiger partial charge in [-0.25, -0.2) is 0 Å². The summed E-state index contributed by atoms with van der Waals surface area (Å²) in [6, 6.07) is 0. The average Bonchev–Trinajstić information content (AvgIpc) is 2.34. The van der Waals surface area contributed by atoms with E-state index in [0.717, 1.165) is 21.6 Å². The van der Waals surface area contributed by atoms with Crippen molar-refractivity contribution >= 4 is 62.4 Å².